The SMILES string of the molecule is CN(CC(=O)O)C(=O)c1cn(CC(=O)O)c2c(=O)ccccc2c1=O. The molecule has 9 nitrogen and oxygen atoms in total. The highest BCUT2D eigenvalue weighted by atomic mass is 16.4. The fraction of sp³-hybridized carbons (Fsp3) is 0.188. The van der Waals surface area contributed by atoms with Crippen molar-refractivity contribution in [3.63, 3.8) is 0 Å². The Hall–Kier alpha value is -3.49. The van der Waals surface area contributed by atoms with Crippen LogP contribution in [0.15, 0.2) is 40.1 Å². The zero-order chi connectivity index (χ0) is 18.7. The average molecular weight is 346 g/mol. The predicted molar refractivity (Wildman–Crippen MR) is 86.7 cm³/mol. The number of fused-ring (bicyclic) bond motifs is 1. The maximum Gasteiger partial charge on any atom is 0.323 e. The van der Waals surface area contributed by atoms with Gasteiger partial charge in [-0.3, -0.25) is 24.0 Å². The van der Waals surface area contributed by atoms with E-state index in [1.54, 1.807) is 0 Å². The molecule has 1 aromatic heterocycles. The summed E-state index contributed by atoms with van der Waals surface area (Å²) < 4.78 is 1.00. The summed E-state index contributed by atoms with van der Waals surface area (Å²) in [5, 5.41) is 17.7. The molecular formula is C16H14N2O7. The number of hydrogen-bond donors (Lipinski definition) is 2. The molecule has 2 N–H and O–H groups in total. The van der Waals surface area contributed by atoms with Crippen LogP contribution < -0.4 is 10.9 Å². The van der Waals surface area contributed by atoms with E-state index in [1.165, 1.54) is 31.3 Å². The molecule has 0 fully saturated rings. The van der Waals surface area contributed by atoms with Crippen molar-refractivity contribution in [2.75, 3.05) is 13.6 Å². The molecule has 0 radical (unpaired) electrons. The molecule has 0 aliphatic heterocycles. The molecule has 0 saturated heterocycles. The lowest BCUT2D eigenvalue weighted by atomic mass is 10.1. The summed E-state index contributed by atoms with van der Waals surface area (Å²) in [4.78, 5) is 59.8. The van der Waals surface area contributed by atoms with Gasteiger partial charge in [-0.2, -0.15) is 0 Å². The van der Waals surface area contributed by atoms with E-state index in [4.69, 9.17) is 10.2 Å². The first kappa shape index (κ1) is 17.9. The van der Waals surface area contributed by atoms with Crippen LogP contribution in [0.1, 0.15) is 10.4 Å². The first-order chi connectivity index (χ1) is 11.7. The molecule has 0 unspecified atom stereocenters. The van der Waals surface area contributed by atoms with E-state index in [1.807, 2.05) is 0 Å². The van der Waals surface area contributed by atoms with E-state index >= 15 is 0 Å². The Balaban J connectivity index is 2.80. The van der Waals surface area contributed by atoms with E-state index in [9.17, 15) is 24.0 Å². The number of aliphatic carboxylic acids is 2. The number of aromatic nitrogens is 1. The summed E-state index contributed by atoms with van der Waals surface area (Å²) in [5.41, 5.74) is -1.90. The van der Waals surface area contributed by atoms with Crippen molar-refractivity contribution in [2.24, 2.45) is 0 Å². The number of carboxylic acids is 2. The topological polar surface area (TPSA) is 134 Å². The number of hydrogen-bond acceptors (Lipinski definition) is 5. The second-order valence-corrected chi connectivity index (χ2v) is 5.29. The Kier molecular flexibility index (Phi) is 4.97. The van der Waals surface area contributed by atoms with Gasteiger partial charge in [0.05, 0.1) is 5.39 Å². The van der Waals surface area contributed by atoms with Crippen molar-refractivity contribution in [2.45, 2.75) is 6.54 Å². The van der Waals surface area contributed by atoms with E-state index in [2.05, 4.69) is 0 Å². The number of likely N-dealkylation sites (N-methyl/N-ethyl adjacent to an activating group) is 1. The smallest absolute Gasteiger partial charge is 0.323 e. The molecule has 2 aromatic rings. The molecule has 0 saturated carbocycles. The standard InChI is InChI=1S/C16H14N2O7/c1-17(7-12(20)21)16(25)10-6-18(8-13(22)23)14-9(15(10)24)4-2-3-5-11(14)19/h2-6H,7-8H2,1H3,(H,20,21)(H,22,23). The highest BCUT2D eigenvalue weighted by Gasteiger charge is 2.21. The Morgan fingerprint density at radius 1 is 1.08 bits per heavy atom. The van der Waals surface area contributed by atoms with Crippen LogP contribution in [-0.2, 0) is 16.1 Å². The van der Waals surface area contributed by atoms with Crippen molar-refractivity contribution in [3.8, 4) is 0 Å². The van der Waals surface area contributed by atoms with Crippen LogP contribution in [0.25, 0.3) is 10.9 Å². The van der Waals surface area contributed by atoms with Crippen LogP contribution in [0, 0.1) is 0 Å². The van der Waals surface area contributed by atoms with Gasteiger partial charge in [0.2, 0.25) is 10.9 Å². The number of nitrogens with zero attached hydrogens (tertiary/aromatic N) is 2. The molecule has 0 aliphatic carbocycles. The van der Waals surface area contributed by atoms with Crippen molar-refractivity contribution in [1.82, 2.24) is 9.47 Å². The van der Waals surface area contributed by atoms with Gasteiger partial charge in [0.1, 0.15) is 24.2 Å². The molecule has 1 heterocycles. The summed E-state index contributed by atoms with van der Waals surface area (Å²) in [6, 6.07) is 5.31. The molecular weight excluding hydrogens is 332 g/mol. The van der Waals surface area contributed by atoms with Gasteiger partial charge in [-0.05, 0) is 12.1 Å². The third-order valence-corrected chi connectivity index (χ3v) is 3.43. The Morgan fingerprint density at radius 3 is 2.32 bits per heavy atom. The van der Waals surface area contributed by atoms with Gasteiger partial charge in [-0.25, -0.2) is 0 Å². The summed E-state index contributed by atoms with van der Waals surface area (Å²) in [5.74, 6) is -3.42. The second-order valence-electron chi connectivity index (χ2n) is 5.29. The van der Waals surface area contributed by atoms with Gasteiger partial charge in [0.15, 0.2) is 0 Å². The normalized spacial score (nSPS) is 10.4. The van der Waals surface area contributed by atoms with Crippen LogP contribution in [0.3, 0.4) is 0 Å². The molecule has 0 aliphatic rings. The minimum Gasteiger partial charge on any atom is -0.480 e. The quantitative estimate of drug-likeness (QED) is 0.752. The molecule has 0 bridgehead atoms. The number of carbonyl (C=O) groups excluding carboxylic acids is 1. The molecule has 0 atom stereocenters. The lowest BCUT2D eigenvalue weighted by Crippen LogP contribution is -2.35. The number of pyridine rings is 1. The molecule has 130 valence electrons. The largest absolute Gasteiger partial charge is 0.480 e. The number of amides is 1. The molecule has 25 heavy (non-hydrogen) atoms. The highest BCUT2D eigenvalue weighted by Crippen LogP contribution is 2.09. The molecule has 1 amide bonds. The van der Waals surface area contributed by atoms with Crippen molar-refractivity contribution in [3.05, 3.63) is 56.5 Å². The number of carboxylic acid groups (broad SMARTS) is 2. The fourth-order valence-corrected chi connectivity index (χ4v) is 2.39. The van der Waals surface area contributed by atoms with Crippen molar-refractivity contribution >= 4 is 28.7 Å². The van der Waals surface area contributed by atoms with Gasteiger partial charge in [0, 0.05) is 13.2 Å². The van der Waals surface area contributed by atoms with Gasteiger partial charge in [-0.15, -0.1) is 0 Å². The highest BCUT2D eigenvalue weighted by molar-refractivity contribution is 5.98. The first-order valence-corrected chi connectivity index (χ1v) is 7.08. The van der Waals surface area contributed by atoms with Crippen molar-refractivity contribution < 1.29 is 24.6 Å². The second kappa shape index (κ2) is 6.95. The minimum atomic E-state index is -1.27. The maximum atomic E-state index is 12.6. The minimum absolute atomic E-state index is 0.120. The van der Waals surface area contributed by atoms with Gasteiger partial charge in [0.25, 0.3) is 5.91 Å². The Morgan fingerprint density at radius 2 is 1.72 bits per heavy atom. The monoisotopic (exact) mass is 346 g/mol. The van der Waals surface area contributed by atoms with Crippen LogP contribution in [0.4, 0.5) is 0 Å². The van der Waals surface area contributed by atoms with Crippen LogP contribution in [-0.4, -0.2) is 51.1 Å². The Bertz CT molecular complexity index is 994. The van der Waals surface area contributed by atoms with Gasteiger partial charge >= 0.3 is 11.9 Å². The van der Waals surface area contributed by atoms with Gasteiger partial charge < -0.3 is 19.7 Å². The van der Waals surface area contributed by atoms with E-state index in [-0.39, 0.29) is 10.9 Å². The van der Waals surface area contributed by atoms with E-state index in [0.29, 0.717) is 0 Å². The molecule has 0 spiro atoms. The molecule has 1 aromatic carbocycles. The number of rotatable bonds is 5. The average Bonchev–Trinajstić information content (AvgIpc) is 2.70. The van der Waals surface area contributed by atoms with Crippen LogP contribution >= 0.6 is 0 Å². The third-order valence-electron chi connectivity index (χ3n) is 3.43. The van der Waals surface area contributed by atoms with E-state index in [0.717, 1.165) is 15.7 Å². The zero-order valence-electron chi connectivity index (χ0n) is 13.1. The summed E-state index contributed by atoms with van der Waals surface area (Å²) >= 11 is 0. The van der Waals surface area contributed by atoms with Crippen LogP contribution in [0.5, 0.6) is 0 Å². The predicted octanol–water partition coefficient (Wildman–Crippen LogP) is -0.397. The first-order valence-electron chi connectivity index (χ1n) is 7.08. The lowest BCUT2D eigenvalue weighted by Gasteiger charge is -2.16. The summed E-state index contributed by atoms with van der Waals surface area (Å²) in [6.45, 7) is -1.27. The number of carbonyl (C=O) groups is 3. The summed E-state index contributed by atoms with van der Waals surface area (Å²) in [6.07, 6.45) is 0.973. The fourth-order valence-electron chi connectivity index (χ4n) is 2.39. The molecule has 9 heteroatoms. The maximum absolute atomic E-state index is 12.6. The Labute approximate surface area is 140 Å². The van der Waals surface area contributed by atoms with Crippen LogP contribution in [0.2, 0.25) is 0 Å². The van der Waals surface area contributed by atoms with Crippen molar-refractivity contribution in [1.29, 1.82) is 0 Å². The lowest BCUT2D eigenvalue weighted by molar-refractivity contribution is -0.138. The zero-order valence-corrected chi connectivity index (χ0v) is 13.1. The third kappa shape index (κ3) is 3.71. The summed E-state index contributed by atoms with van der Waals surface area (Å²) in [7, 11) is 1.20. The molecule has 2 rings (SSSR count). The van der Waals surface area contributed by atoms with Gasteiger partial charge in [-0.1, -0.05) is 12.1 Å². The van der Waals surface area contributed by atoms with E-state index < -0.39 is 47.4 Å².